The Bertz CT molecular complexity index is 380. The Morgan fingerprint density at radius 3 is 2.43 bits per heavy atom. The highest BCUT2D eigenvalue weighted by Crippen LogP contribution is 2.19. The number of nitrogens with one attached hydrogen (secondary N) is 1. The van der Waals surface area contributed by atoms with Crippen molar-refractivity contribution in [2.45, 2.75) is 33.3 Å². The Labute approximate surface area is 130 Å². The van der Waals surface area contributed by atoms with Gasteiger partial charge in [0.05, 0.1) is 0 Å². The molecule has 1 radical (unpaired) electrons. The summed E-state index contributed by atoms with van der Waals surface area (Å²) >= 11 is 1.15. The van der Waals surface area contributed by atoms with Crippen molar-refractivity contribution in [1.82, 2.24) is 10.2 Å². The van der Waals surface area contributed by atoms with Crippen LogP contribution >= 0.6 is 11.8 Å². The lowest BCUT2D eigenvalue weighted by Crippen LogP contribution is -2.44. The Hall–Kier alpha value is -1.08. The molecule has 0 aliphatic rings. The highest BCUT2D eigenvalue weighted by Gasteiger charge is 2.31. The maximum absolute atomic E-state index is 11.9. The van der Waals surface area contributed by atoms with Gasteiger partial charge in [-0.15, -0.1) is 0 Å². The summed E-state index contributed by atoms with van der Waals surface area (Å²) < 4.78 is 0. The van der Waals surface area contributed by atoms with Crippen LogP contribution in [0.5, 0.6) is 0 Å². The molecule has 0 fully saturated rings. The lowest BCUT2D eigenvalue weighted by Gasteiger charge is -2.28. The van der Waals surface area contributed by atoms with Crippen LogP contribution in [0.15, 0.2) is 0 Å². The molecule has 0 bridgehead atoms. The third kappa shape index (κ3) is 8.72. The molecule has 0 aromatic rings. The fourth-order valence-corrected chi connectivity index (χ4v) is 1.89. The number of rotatable bonds is 8. The summed E-state index contributed by atoms with van der Waals surface area (Å²) in [5.74, 6) is -0.110. The number of hydrogen-bond acceptors (Lipinski definition) is 5. The Kier molecular flexibility index (Phi) is 8.58. The van der Waals surface area contributed by atoms with Crippen LogP contribution in [0.2, 0.25) is 0 Å². The van der Waals surface area contributed by atoms with Gasteiger partial charge in [0.15, 0.2) is 5.12 Å². The Balaban J connectivity index is 4.02. The summed E-state index contributed by atoms with van der Waals surface area (Å²) in [6.45, 7) is 9.17. The van der Waals surface area contributed by atoms with Gasteiger partial charge in [0, 0.05) is 39.2 Å². The summed E-state index contributed by atoms with van der Waals surface area (Å²) in [7, 11) is 1.54. The number of nitrogens with zero attached hydrogens (tertiary/aromatic N) is 1. The van der Waals surface area contributed by atoms with E-state index in [1.54, 1.807) is 13.8 Å². The van der Waals surface area contributed by atoms with Gasteiger partial charge in [-0.3, -0.25) is 14.4 Å². The SMILES string of the molecule is [CH2]C(C)(C)[C@@H](O)C(=O)N(C)CCC(=O)NCCSC(C)=O. The molecule has 0 spiro atoms. The van der Waals surface area contributed by atoms with E-state index in [-0.39, 0.29) is 24.0 Å². The van der Waals surface area contributed by atoms with E-state index in [0.717, 1.165) is 11.8 Å². The standard InChI is InChI=1S/C14H25N2O4S/c1-10(17)21-9-7-15-11(18)6-8-16(5)13(20)12(19)14(2,3)4/h12,19H,2,6-9H2,1,3-5H3,(H,15,18)/t12-/m0/s1. The van der Waals surface area contributed by atoms with Crippen molar-refractivity contribution >= 4 is 28.7 Å². The van der Waals surface area contributed by atoms with Gasteiger partial charge in [-0.2, -0.15) is 0 Å². The van der Waals surface area contributed by atoms with Crippen molar-refractivity contribution in [3.05, 3.63) is 6.92 Å². The van der Waals surface area contributed by atoms with Crippen molar-refractivity contribution in [3.63, 3.8) is 0 Å². The number of carbonyl (C=O) groups excluding carboxylic acids is 3. The first-order valence-corrected chi connectivity index (χ1v) is 7.72. The predicted octanol–water partition coefficient (Wildman–Crippen LogP) is 0.452. The van der Waals surface area contributed by atoms with Crippen molar-refractivity contribution in [3.8, 4) is 0 Å². The van der Waals surface area contributed by atoms with E-state index < -0.39 is 17.4 Å². The van der Waals surface area contributed by atoms with Crippen LogP contribution in [0, 0.1) is 12.3 Å². The second-order valence-electron chi connectivity index (χ2n) is 5.59. The molecule has 7 heteroatoms. The van der Waals surface area contributed by atoms with Crippen molar-refractivity contribution in [2.75, 3.05) is 25.9 Å². The smallest absolute Gasteiger partial charge is 0.251 e. The van der Waals surface area contributed by atoms with Gasteiger partial charge in [0.1, 0.15) is 6.10 Å². The third-order valence-electron chi connectivity index (χ3n) is 2.75. The van der Waals surface area contributed by atoms with E-state index in [4.69, 9.17) is 0 Å². The summed E-state index contributed by atoms with van der Waals surface area (Å²) in [5, 5.41) is 12.5. The molecule has 1 atom stereocenters. The molecule has 6 nitrogen and oxygen atoms in total. The molecule has 0 aromatic heterocycles. The van der Waals surface area contributed by atoms with Gasteiger partial charge < -0.3 is 15.3 Å². The minimum Gasteiger partial charge on any atom is -0.383 e. The van der Waals surface area contributed by atoms with Crippen LogP contribution in [0.3, 0.4) is 0 Å². The Morgan fingerprint density at radius 1 is 1.38 bits per heavy atom. The van der Waals surface area contributed by atoms with Crippen LogP contribution in [-0.4, -0.2) is 58.9 Å². The average molecular weight is 317 g/mol. The van der Waals surface area contributed by atoms with Gasteiger partial charge in [0.25, 0.3) is 5.91 Å². The number of amides is 2. The number of hydrogen-bond donors (Lipinski definition) is 2. The molecule has 0 saturated heterocycles. The zero-order valence-electron chi connectivity index (χ0n) is 13.1. The molecule has 0 saturated carbocycles. The molecule has 0 rings (SSSR count). The number of aliphatic hydroxyl groups excluding tert-OH is 1. The number of thioether (sulfide) groups is 1. The van der Waals surface area contributed by atoms with E-state index in [0.29, 0.717) is 12.3 Å². The minimum atomic E-state index is -1.20. The predicted molar refractivity (Wildman–Crippen MR) is 83.5 cm³/mol. The Morgan fingerprint density at radius 2 is 1.95 bits per heavy atom. The zero-order valence-corrected chi connectivity index (χ0v) is 14.0. The molecular weight excluding hydrogens is 292 g/mol. The second kappa shape index (κ2) is 9.04. The maximum Gasteiger partial charge on any atom is 0.251 e. The lowest BCUT2D eigenvalue weighted by molar-refractivity contribution is -0.143. The van der Waals surface area contributed by atoms with E-state index >= 15 is 0 Å². The first-order valence-electron chi connectivity index (χ1n) is 6.74. The molecule has 2 amide bonds. The largest absolute Gasteiger partial charge is 0.383 e. The fourth-order valence-electron chi connectivity index (χ4n) is 1.40. The van der Waals surface area contributed by atoms with Crippen LogP contribution in [-0.2, 0) is 14.4 Å². The molecule has 2 N–H and O–H groups in total. The summed E-state index contributed by atoms with van der Waals surface area (Å²) in [4.78, 5) is 35.5. The van der Waals surface area contributed by atoms with Crippen molar-refractivity contribution in [2.24, 2.45) is 5.41 Å². The van der Waals surface area contributed by atoms with Gasteiger partial charge in [0.2, 0.25) is 5.91 Å². The van der Waals surface area contributed by atoms with E-state index in [9.17, 15) is 19.5 Å². The maximum atomic E-state index is 11.9. The van der Waals surface area contributed by atoms with E-state index in [1.165, 1.54) is 18.9 Å². The highest BCUT2D eigenvalue weighted by molar-refractivity contribution is 8.13. The lowest BCUT2D eigenvalue weighted by atomic mass is 9.88. The fraction of sp³-hybridized carbons (Fsp3) is 0.714. The summed E-state index contributed by atoms with van der Waals surface area (Å²) in [6.07, 6.45) is -1.05. The summed E-state index contributed by atoms with van der Waals surface area (Å²) in [6, 6.07) is 0. The van der Waals surface area contributed by atoms with Gasteiger partial charge in [-0.05, 0) is 12.3 Å². The number of likely N-dealkylation sites (N-methyl/N-ethyl adjacent to an activating group) is 1. The molecule has 0 unspecified atom stereocenters. The van der Waals surface area contributed by atoms with Gasteiger partial charge in [-0.1, -0.05) is 25.6 Å². The van der Waals surface area contributed by atoms with Crippen molar-refractivity contribution in [1.29, 1.82) is 0 Å². The van der Waals surface area contributed by atoms with E-state index in [2.05, 4.69) is 12.2 Å². The summed E-state index contributed by atoms with van der Waals surface area (Å²) in [5.41, 5.74) is -0.780. The van der Waals surface area contributed by atoms with Crippen LogP contribution in [0.25, 0.3) is 0 Å². The average Bonchev–Trinajstić information content (AvgIpc) is 2.37. The zero-order chi connectivity index (χ0) is 16.6. The normalized spacial score (nSPS) is 12.7. The molecule has 0 aliphatic carbocycles. The van der Waals surface area contributed by atoms with Crippen molar-refractivity contribution < 1.29 is 19.5 Å². The molecule has 0 aliphatic heterocycles. The minimum absolute atomic E-state index is 0.0133. The molecular formula is C14H25N2O4S. The topological polar surface area (TPSA) is 86.7 Å². The first kappa shape index (κ1) is 19.9. The third-order valence-corrected chi connectivity index (χ3v) is 3.57. The monoisotopic (exact) mass is 317 g/mol. The quantitative estimate of drug-likeness (QED) is 0.635. The van der Waals surface area contributed by atoms with Crippen LogP contribution in [0.4, 0.5) is 0 Å². The van der Waals surface area contributed by atoms with Gasteiger partial charge in [-0.25, -0.2) is 0 Å². The van der Waals surface area contributed by atoms with Gasteiger partial charge >= 0.3 is 0 Å². The van der Waals surface area contributed by atoms with Crippen LogP contribution in [0.1, 0.15) is 27.2 Å². The number of aliphatic hydroxyl groups is 1. The van der Waals surface area contributed by atoms with Crippen LogP contribution < -0.4 is 5.32 Å². The molecule has 0 aromatic carbocycles. The molecule has 0 heterocycles. The molecule has 121 valence electrons. The number of carbonyl (C=O) groups is 3. The first-order chi connectivity index (χ1) is 9.55. The highest BCUT2D eigenvalue weighted by atomic mass is 32.2. The van der Waals surface area contributed by atoms with E-state index in [1.807, 2.05) is 0 Å². The second-order valence-corrected chi connectivity index (χ2v) is 6.86. The molecule has 21 heavy (non-hydrogen) atoms.